The molecule has 3 heterocycles. The smallest absolute Gasteiger partial charge is 0.382 e. The van der Waals surface area contributed by atoms with Crippen LogP contribution < -0.4 is 26.6 Å². The van der Waals surface area contributed by atoms with Gasteiger partial charge in [0.1, 0.15) is 26.1 Å². The molecule has 0 aromatic carbocycles. The summed E-state index contributed by atoms with van der Waals surface area (Å²) in [5, 5.41) is 13.0. The number of ether oxygens (including phenoxy) is 5. The number of methoxy groups -OCH3 is 2. The number of imide groups is 3. The first-order chi connectivity index (χ1) is 29.2. The Morgan fingerprint density at radius 1 is 0.541 bits per heavy atom. The van der Waals surface area contributed by atoms with Crippen LogP contribution in [-0.4, -0.2) is 173 Å². The molecule has 3 fully saturated rings. The van der Waals surface area contributed by atoms with Crippen LogP contribution in [0.2, 0.25) is 0 Å². The molecule has 3 rings (SSSR count). The molecule has 0 aromatic rings. The van der Waals surface area contributed by atoms with E-state index in [2.05, 4.69) is 36.3 Å². The topological polar surface area (TPSA) is 349 Å². The standard InChI is InChI=1S/C24H40N6O13.C9H8N2O7/c1-38-7-9-40-14-27-19(32)11-25-18(31)4-3-17(24(37)26-12-20(33)28-15-41-10-8-39-2)29-21(34)13-42-16-43-30-22(35)5-6-23(30)36;12-5-1-2-6(13)10(5)17-9(16)18-11-7(14)3-4-8(11)15/h17H,3-16H2,1-2H3,(H,25,31)(H,26,37)(H,27,32)(H,28,33)(H,29,34);1-4H2. The quantitative estimate of drug-likeness (QED) is 0.0309. The van der Waals surface area contributed by atoms with Gasteiger partial charge in [0.25, 0.3) is 35.4 Å². The molecule has 5 N–H and O–H groups in total. The van der Waals surface area contributed by atoms with Crippen molar-refractivity contribution in [1.29, 1.82) is 0 Å². The van der Waals surface area contributed by atoms with E-state index in [1.807, 2.05) is 0 Å². The first-order valence-corrected chi connectivity index (χ1v) is 18.3. The third-order valence-corrected chi connectivity index (χ3v) is 7.63. The second-order valence-electron chi connectivity index (χ2n) is 12.2. The van der Waals surface area contributed by atoms with E-state index >= 15 is 0 Å². The molecular weight excluding hydrogens is 828 g/mol. The van der Waals surface area contributed by atoms with Crippen molar-refractivity contribution < 1.29 is 95.7 Å². The maximum atomic E-state index is 12.7. The van der Waals surface area contributed by atoms with Gasteiger partial charge in [0.2, 0.25) is 29.5 Å². The molecule has 1 unspecified atom stereocenters. The molecule has 3 saturated heterocycles. The summed E-state index contributed by atoms with van der Waals surface area (Å²) in [6, 6.07) is -1.27. The number of nitrogens with one attached hydrogen (secondary N) is 5. The maximum Gasteiger partial charge on any atom is 0.560 e. The fourth-order valence-electron chi connectivity index (χ4n) is 4.56. The van der Waals surface area contributed by atoms with Crippen molar-refractivity contribution in [3.8, 4) is 0 Å². The monoisotopic (exact) mass is 876 g/mol. The average Bonchev–Trinajstić information content (AvgIpc) is 3.85. The van der Waals surface area contributed by atoms with Gasteiger partial charge >= 0.3 is 6.16 Å². The molecule has 28 heteroatoms. The highest BCUT2D eigenvalue weighted by Crippen LogP contribution is 2.16. The van der Waals surface area contributed by atoms with E-state index in [1.165, 1.54) is 14.2 Å². The highest BCUT2D eigenvalue weighted by atomic mass is 16.9. The minimum atomic E-state index is -1.48. The van der Waals surface area contributed by atoms with Crippen LogP contribution in [0.1, 0.15) is 51.4 Å². The molecule has 3 aliphatic heterocycles. The van der Waals surface area contributed by atoms with E-state index in [4.69, 9.17) is 28.5 Å². The lowest BCUT2D eigenvalue weighted by Gasteiger charge is -2.19. The van der Waals surface area contributed by atoms with Crippen molar-refractivity contribution in [3.63, 3.8) is 0 Å². The third kappa shape index (κ3) is 20.1. The van der Waals surface area contributed by atoms with Gasteiger partial charge in [0.15, 0.2) is 6.79 Å². The van der Waals surface area contributed by atoms with Crippen molar-refractivity contribution in [2.75, 3.05) is 80.6 Å². The Kier molecular flexibility index (Phi) is 23.6. The van der Waals surface area contributed by atoms with Crippen molar-refractivity contribution in [1.82, 2.24) is 41.8 Å². The third-order valence-electron chi connectivity index (χ3n) is 7.63. The summed E-state index contributed by atoms with van der Waals surface area (Å²) < 4.78 is 24.8. The van der Waals surface area contributed by atoms with Gasteiger partial charge in [-0.15, -0.1) is 0 Å². The summed E-state index contributed by atoms with van der Waals surface area (Å²) in [4.78, 5) is 153. The van der Waals surface area contributed by atoms with Gasteiger partial charge in [0, 0.05) is 59.2 Å². The van der Waals surface area contributed by atoms with Crippen molar-refractivity contribution in [3.05, 3.63) is 0 Å². The fraction of sp³-hybridized carbons (Fsp3) is 0.636. The first-order valence-electron chi connectivity index (χ1n) is 18.3. The highest BCUT2D eigenvalue weighted by molar-refractivity contribution is 6.03. The normalized spacial score (nSPS) is 15.3. The van der Waals surface area contributed by atoms with Gasteiger partial charge in [0.05, 0.1) is 39.5 Å². The zero-order valence-electron chi connectivity index (χ0n) is 33.3. The summed E-state index contributed by atoms with van der Waals surface area (Å²) in [6.45, 7) is -0.964. The predicted octanol–water partition coefficient (Wildman–Crippen LogP) is -4.72. The Morgan fingerprint density at radius 2 is 0.984 bits per heavy atom. The summed E-state index contributed by atoms with van der Waals surface area (Å²) in [5.74, 6) is -7.03. The van der Waals surface area contributed by atoms with E-state index in [0.29, 0.717) is 18.3 Å². The number of hydrogen-bond donors (Lipinski definition) is 5. The summed E-state index contributed by atoms with van der Waals surface area (Å²) in [5.41, 5.74) is 0. The highest BCUT2D eigenvalue weighted by Gasteiger charge is 2.37. The number of hydrogen-bond acceptors (Lipinski definition) is 20. The average molecular weight is 877 g/mol. The first kappa shape index (κ1) is 50.9. The van der Waals surface area contributed by atoms with Gasteiger partial charge in [-0.3, -0.25) is 62.4 Å². The van der Waals surface area contributed by atoms with Crippen LogP contribution in [0.5, 0.6) is 0 Å². The Balaban J connectivity index is 0.000000585. The van der Waals surface area contributed by atoms with E-state index in [9.17, 15) is 57.5 Å². The number of amides is 11. The molecule has 3 aliphatic rings. The van der Waals surface area contributed by atoms with Crippen LogP contribution in [-0.2, 0) is 90.9 Å². The summed E-state index contributed by atoms with van der Waals surface area (Å²) in [6.07, 6.45) is -2.17. The molecule has 0 radical (unpaired) electrons. The van der Waals surface area contributed by atoms with Crippen LogP contribution in [0, 0.1) is 0 Å². The van der Waals surface area contributed by atoms with Crippen molar-refractivity contribution >= 4 is 71.1 Å². The summed E-state index contributed by atoms with van der Waals surface area (Å²) in [7, 11) is 3.00. The van der Waals surface area contributed by atoms with E-state index in [-0.39, 0.29) is 94.7 Å². The largest absolute Gasteiger partial charge is 0.560 e. The Labute approximate surface area is 346 Å². The van der Waals surface area contributed by atoms with Crippen LogP contribution >= 0.6 is 0 Å². The van der Waals surface area contributed by atoms with Crippen LogP contribution in [0.3, 0.4) is 0 Å². The molecule has 0 saturated carbocycles. The Morgan fingerprint density at radius 3 is 1.44 bits per heavy atom. The van der Waals surface area contributed by atoms with E-state index in [1.54, 1.807) is 0 Å². The van der Waals surface area contributed by atoms with Gasteiger partial charge < -0.3 is 50.3 Å². The molecular formula is C33H48N8O20. The van der Waals surface area contributed by atoms with Crippen LogP contribution in [0.4, 0.5) is 4.79 Å². The van der Waals surface area contributed by atoms with Gasteiger partial charge in [-0.2, -0.15) is 9.86 Å². The molecule has 0 aromatic heterocycles. The number of hydroxylamine groups is 6. The van der Waals surface area contributed by atoms with Crippen molar-refractivity contribution in [2.45, 2.75) is 57.4 Å². The number of carbonyl (C=O) groups is 12. The maximum absolute atomic E-state index is 12.7. The van der Waals surface area contributed by atoms with Crippen LogP contribution in [0.15, 0.2) is 0 Å². The van der Waals surface area contributed by atoms with Crippen molar-refractivity contribution in [2.24, 2.45) is 0 Å². The van der Waals surface area contributed by atoms with Gasteiger partial charge in [-0.1, -0.05) is 10.1 Å². The van der Waals surface area contributed by atoms with E-state index in [0.717, 1.165) is 0 Å². The Hall–Kier alpha value is -6.20. The molecule has 0 spiro atoms. The molecule has 0 aliphatic carbocycles. The Bertz CT molecular complexity index is 1520. The lowest BCUT2D eigenvalue weighted by Crippen LogP contribution is -2.50. The molecule has 61 heavy (non-hydrogen) atoms. The fourth-order valence-corrected chi connectivity index (χ4v) is 4.56. The number of carbonyl (C=O) groups excluding carboxylic acids is 12. The SMILES string of the molecule is COCCOCNC(=O)CNC(=O)CCC(NC(=O)COCON1C(=O)CCC1=O)C(=O)NCC(=O)NCOCCOC.O=C(ON1C(=O)CCC1=O)ON1C(=O)CCC1=O. The van der Waals surface area contributed by atoms with Gasteiger partial charge in [-0.05, 0) is 6.42 Å². The second-order valence-corrected chi connectivity index (χ2v) is 12.2. The van der Waals surface area contributed by atoms with E-state index < -0.39 is 97.1 Å². The zero-order valence-corrected chi connectivity index (χ0v) is 33.3. The number of rotatable bonds is 26. The van der Waals surface area contributed by atoms with Gasteiger partial charge in [-0.25, -0.2) is 4.84 Å². The van der Waals surface area contributed by atoms with Crippen LogP contribution in [0.25, 0.3) is 0 Å². The minimum absolute atomic E-state index is 0.0104. The summed E-state index contributed by atoms with van der Waals surface area (Å²) >= 11 is 0. The number of nitrogens with zero attached hydrogens (tertiary/aromatic N) is 3. The molecule has 340 valence electrons. The lowest BCUT2D eigenvalue weighted by atomic mass is 10.1. The molecule has 0 bridgehead atoms. The minimum Gasteiger partial charge on any atom is -0.382 e. The second kappa shape index (κ2) is 28.3. The molecule has 28 nitrogen and oxygen atoms in total. The molecule has 11 amide bonds. The molecule has 1 atom stereocenters. The zero-order chi connectivity index (χ0) is 45.2. The predicted molar refractivity (Wildman–Crippen MR) is 192 cm³/mol. The lowest BCUT2D eigenvalue weighted by molar-refractivity contribution is -0.216.